The van der Waals surface area contributed by atoms with Crippen LogP contribution in [0.15, 0.2) is 22.7 Å². The van der Waals surface area contributed by atoms with Crippen LogP contribution in [0.4, 0.5) is 4.39 Å². The number of carbonyl (C=O) groups excluding carboxylic acids is 1. The normalized spacial score (nSPS) is 38.2. The highest BCUT2D eigenvalue weighted by Gasteiger charge is 2.50. The molecule has 1 nitrogen and oxygen atoms in total. The number of carbonyl (C=O) groups is 1. The first-order valence-corrected chi connectivity index (χ1v) is 8.40. The molecule has 0 aromatic heterocycles. The lowest BCUT2D eigenvalue weighted by Gasteiger charge is -2.53. The molecular formula is C17H18BrFO. The fourth-order valence-electron chi connectivity index (χ4n) is 5.22. The van der Waals surface area contributed by atoms with E-state index >= 15 is 0 Å². The zero-order chi connectivity index (χ0) is 13.9. The van der Waals surface area contributed by atoms with Crippen molar-refractivity contribution in [2.75, 3.05) is 0 Å². The molecule has 1 aromatic carbocycles. The fourth-order valence-corrected chi connectivity index (χ4v) is 5.58. The largest absolute Gasteiger partial charge is 0.294 e. The summed E-state index contributed by atoms with van der Waals surface area (Å²) in [5.74, 6) is 2.47. The van der Waals surface area contributed by atoms with Crippen LogP contribution in [0.5, 0.6) is 0 Å². The first-order valence-electron chi connectivity index (χ1n) is 7.61. The van der Waals surface area contributed by atoms with Crippen LogP contribution in [0.1, 0.15) is 42.5 Å². The van der Waals surface area contributed by atoms with Gasteiger partial charge in [0.25, 0.3) is 0 Å². The van der Waals surface area contributed by atoms with Gasteiger partial charge in [0.15, 0.2) is 5.78 Å². The van der Waals surface area contributed by atoms with Gasteiger partial charge in [0.2, 0.25) is 0 Å². The molecule has 0 aliphatic heterocycles. The molecule has 0 unspecified atom stereocenters. The van der Waals surface area contributed by atoms with Crippen molar-refractivity contribution < 1.29 is 9.18 Å². The van der Waals surface area contributed by atoms with Crippen molar-refractivity contribution in [2.45, 2.75) is 32.1 Å². The van der Waals surface area contributed by atoms with Gasteiger partial charge in [-0.2, -0.15) is 0 Å². The van der Waals surface area contributed by atoms with Crippen molar-refractivity contribution >= 4 is 21.7 Å². The molecule has 4 aliphatic carbocycles. The van der Waals surface area contributed by atoms with Gasteiger partial charge in [-0.25, -0.2) is 4.39 Å². The fraction of sp³-hybridized carbons (Fsp3) is 0.588. The minimum Gasteiger partial charge on any atom is -0.294 e. The first-order chi connectivity index (χ1) is 9.61. The predicted octanol–water partition coefficient (Wildman–Crippen LogP) is 4.84. The smallest absolute Gasteiger partial charge is 0.169 e. The molecule has 106 valence electrons. The van der Waals surface area contributed by atoms with E-state index in [1.807, 2.05) is 0 Å². The molecule has 0 N–H and O–H groups in total. The Bertz CT molecular complexity index is 540. The SMILES string of the molecule is O=C(c1cc(Br)ccc1F)C1C2CC3CC(C2)CC1C3. The van der Waals surface area contributed by atoms with E-state index in [0.717, 1.165) is 16.3 Å². The van der Waals surface area contributed by atoms with Crippen LogP contribution in [-0.2, 0) is 0 Å². The Balaban J connectivity index is 1.67. The summed E-state index contributed by atoms with van der Waals surface area (Å²) in [5, 5.41) is 0. The van der Waals surface area contributed by atoms with Crippen LogP contribution >= 0.6 is 15.9 Å². The maximum Gasteiger partial charge on any atom is 0.169 e. The number of halogens is 2. The minimum absolute atomic E-state index is 0.0533. The molecule has 0 amide bonds. The summed E-state index contributed by atoms with van der Waals surface area (Å²) in [7, 11) is 0. The molecule has 1 aromatic rings. The number of hydrogen-bond donors (Lipinski definition) is 0. The Morgan fingerprint density at radius 1 is 1.05 bits per heavy atom. The lowest BCUT2D eigenvalue weighted by atomic mass is 9.51. The molecule has 20 heavy (non-hydrogen) atoms. The van der Waals surface area contributed by atoms with Crippen molar-refractivity contribution in [2.24, 2.45) is 29.6 Å². The lowest BCUT2D eigenvalue weighted by Crippen LogP contribution is -2.48. The van der Waals surface area contributed by atoms with Crippen molar-refractivity contribution in [3.8, 4) is 0 Å². The second-order valence-corrected chi connectivity index (χ2v) is 7.86. The van der Waals surface area contributed by atoms with Gasteiger partial charge in [-0.15, -0.1) is 0 Å². The van der Waals surface area contributed by atoms with Gasteiger partial charge >= 0.3 is 0 Å². The summed E-state index contributed by atoms with van der Waals surface area (Å²) in [6, 6.07) is 4.71. The standard InChI is InChI=1S/C17H18BrFO/c18-13-1-2-15(19)14(8-13)17(20)16-11-4-9-3-10(6-11)7-12(16)5-9/h1-2,8-12,16H,3-7H2. The number of rotatable bonds is 2. The van der Waals surface area contributed by atoms with Gasteiger partial charge in [0.1, 0.15) is 5.82 Å². The van der Waals surface area contributed by atoms with Gasteiger partial charge in [-0.1, -0.05) is 15.9 Å². The van der Waals surface area contributed by atoms with Crippen molar-refractivity contribution in [3.05, 3.63) is 34.1 Å². The monoisotopic (exact) mass is 336 g/mol. The van der Waals surface area contributed by atoms with Gasteiger partial charge in [0, 0.05) is 10.4 Å². The molecule has 0 heterocycles. The molecule has 4 bridgehead atoms. The Morgan fingerprint density at radius 2 is 1.65 bits per heavy atom. The molecule has 4 saturated carbocycles. The third-order valence-electron chi connectivity index (χ3n) is 5.72. The van der Waals surface area contributed by atoms with E-state index in [-0.39, 0.29) is 23.1 Å². The maximum absolute atomic E-state index is 14.0. The van der Waals surface area contributed by atoms with E-state index in [4.69, 9.17) is 0 Å². The minimum atomic E-state index is -0.369. The van der Waals surface area contributed by atoms with Crippen LogP contribution in [0.25, 0.3) is 0 Å². The third kappa shape index (κ3) is 1.97. The summed E-state index contributed by atoms with van der Waals surface area (Å²) in [4.78, 5) is 12.8. The summed E-state index contributed by atoms with van der Waals surface area (Å²) in [6.07, 6.45) is 6.15. The predicted molar refractivity (Wildman–Crippen MR) is 79.0 cm³/mol. The van der Waals surface area contributed by atoms with Crippen molar-refractivity contribution in [3.63, 3.8) is 0 Å². The molecule has 0 radical (unpaired) electrons. The van der Waals surface area contributed by atoms with E-state index in [1.165, 1.54) is 38.2 Å². The van der Waals surface area contributed by atoms with Gasteiger partial charge in [-0.05, 0) is 74.0 Å². The molecule has 0 atom stereocenters. The summed E-state index contributed by atoms with van der Waals surface area (Å²) >= 11 is 3.35. The molecule has 5 rings (SSSR count). The summed E-state index contributed by atoms with van der Waals surface area (Å²) < 4.78 is 14.8. The Hall–Kier alpha value is -0.700. The summed E-state index contributed by atoms with van der Waals surface area (Å²) in [5.41, 5.74) is 0.289. The number of hydrogen-bond acceptors (Lipinski definition) is 1. The van der Waals surface area contributed by atoms with E-state index in [0.29, 0.717) is 11.8 Å². The van der Waals surface area contributed by atoms with Crippen LogP contribution in [0, 0.1) is 35.4 Å². The van der Waals surface area contributed by atoms with E-state index < -0.39 is 0 Å². The number of benzene rings is 1. The second kappa shape index (κ2) is 4.66. The molecule has 0 saturated heterocycles. The third-order valence-corrected chi connectivity index (χ3v) is 6.22. The van der Waals surface area contributed by atoms with Gasteiger partial charge < -0.3 is 0 Å². The van der Waals surface area contributed by atoms with Crippen LogP contribution in [-0.4, -0.2) is 5.78 Å². The van der Waals surface area contributed by atoms with Crippen molar-refractivity contribution in [1.82, 2.24) is 0 Å². The number of ketones is 1. The van der Waals surface area contributed by atoms with Gasteiger partial charge in [0.05, 0.1) is 5.56 Å². The summed E-state index contributed by atoms with van der Waals surface area (Å²) in [6.45, 7) is 0. The average Bonchev–Trinajstić information content (AvgIpc) is 2.40. The van der Waals surface area contributed by atoms with Crippen LogP contribution < -0.4 is 0 Å². The molecule has 0 spiro atoms. The second-order valence-electron chi connectivity index (χ2n) is 6.94. The van der Waals surface area contributed by atoms with E-state index in [2.05, 4.69) is 15.9 Å². The molecule has 4 aliphatic rings. The highest BCUT2D eigenvalue weighted by Crippen LogP contribution is 2.57. The topological polar surface area (TPSA) is 17.1 Å². The highest BCUT2D eigenvalue weighted by atomic mass is 79.9. The van der Waals surface area contributed by atoms with Crippen molar-refractivity contribution in [1.29, 1.82) is 0 Å². The quantitative estimate of drug-likeness (QED) is 0.706. The van der Waals surface area contributed by atoms with E-state index in [1.54, 1.807) is 12.1 Å². The molecular weight excluding hydrogens is 319 g/mol. The first kappa shape index (κ1) is 13.0. The van der Waals surface area contributed by atoms with Crippen LogP contribution in [0.2, 0.25) is 0 Å². The van der Waals surface area contributed by atoms with E-state index in [9.17, 15) is 9.18 Å². The van der Waals surface area contributed by atoms with Gasteiger partial charge in [-0.3, -0.25) is 4.79 Å². The maximum atomic E-state index is 14.0. The Labute approximate surface area is 127 Å². The molecule has 3 heteroatoms. The van der Waals surface area contributed by atoms with Crippen LogP contribution in [0.3, 0.4) is 0 Å². The number of Topliss-reactive ketones (excluding diaryl/α,β-unsaturated/α-hetero) is 1. The Morgan fingerprint density at radius 3 is 2.25 bits per heavy atom. The lowest BCUT2D eigenvalue weighted by molar-refractivity contribution is -0.0252. The zero-order valence-corrected chi connectivity index (χ0v) is 12.9. The highest BCUT2D eigenvalue weighted by molar-refractivity contribution is 9.10. The molecule has 4 fully saturated rings. The zero-order valence-electron chi connectivity index (χ0n) is 11.3. The Kier molecular flexibility index (Phi) is 3.03. The average molecular weight is 337 g/mol.